The summed E-state index contributed by atoms with van der Waals surface area (Å²) in [6.07, 6.45) is -2.11. The van der Waals surface area contributed by atoms with Crippen molar-refractivity contribution in [1.82, 2.24) is 9.62 Å². The van der Waals surface area contributed by atoms with Gasteiger partial charge in [0.15, 0.2) is 6.29 Å². The lowest BCUT2D eigenvalue weighted by Gasteiger charge is -2.31. The van der Waals surface area contributed by atoms with E-state index < -0.39 is 48.0 Å². The van der Waals surface area contributed by atoms with E-state index >= 15 is 0 Å². The van der Waals surface area contributed by atoms with Crippen LogP contribution in [-0.4, -0.2) is 95.1 Å². The van der Waals surface area contributed by atoms with Crippen LogP contribution in [0.15, 0.2) is 53.4 Å². The molecule has 0 radical (unpaired) electrons. The number of carbonyl (C=O) groups is 1. The Kier molecular flexibility index (Phi) is 12.1. The number of nitrogens with one attached hydrogen (secondary N) is 1. The monoisotopic (exact) mass is 668 g/mol. The lowest BCUT2D eigenvalue weighted by atomic mass is 10.0. The van der Waals surface area contributed by atoms with Crippen molar-refractivity contribution in [2.24, 2.45) is 11.8 Å². The number of alkyl carbamates (subject to hydrolysis) is 1. The van der Waals surface area contributed by atoms with Crippen molar-refractivity contribution in [2.75, 3.05) is 46.7 Å². The second kappa shape index (κ2) is 15.4. The number of benzene rings is 2. The predicted molar refractivity (Wildman–Crippen MR) is 169 cm³/mol. The molecule has 4 rings (SSSR count). The molecule has 0 aromatic heterocycles. The molecule has 2 fully saturated rings. The molecule has 2 aromatic carbocycles. The van der Waals surface area contributed by atoms with Crippen molar-refractivity contribution in [3.8, 4) is 5.75 Å². The molecule has 0 saturated carbocycles. The van der Waals surface area contributed by atoms with Crippen LogP contribution in [0.4, 0.5) is 4.79 Å². The fourth-order valence-electron chi connectivity index (χ4n) is 5.54. The van der Waals surface area contributed by atoms with Crippen LogP contribution < -0.4 is 15.4 Å². The van der Waals surface area contributed by atoms with Crippen LogP contribution in [0.5, 0.6) is 5.75 Å². The third-order valence-electron chi connectivity index (χ3n) is 7.90. The number of sulfonamides is 1. The maximum Gasteiger partial charge on any atom is 0.407 e. The van der Waals surface area contributed by atoms with Crippen LogP contribution in [0.1, 0.15) is 32.8 Å². The Morgan fingerprint density at radius 3 is 2.42 bits per heavy atom. The van der Waals surface area contributed by atoms with Crippen molar-refractivity contribution >= 4 is 28.8 Å². The number of methoxy groups -OCH3 is 1. The number of fused-ring (bicyclic) bond motifs is 1. The first kappa shape index (κ1) is 35.3. The fourth-order valence-corrected chi connectivity index (χ4v) is 8.50. The first-order valence-electron chi connectivity index (χ1n) is 15.2. The minimum absolute atomic E-state index is 0.0480. The third-order valence-corrected chi connectivity index (χ3v) is 11.7. The molecular weight excluding hydrogens is 623 g/mol. The van der Waals surface area contributed by atoms with E-state index in [1.54, 1.807) is 50.0 Å². The number of hydrogen-bond acceptors (Lipinski definition) is 10. The molecule has 2 aliphatic rings. The molecule has 12 nitrogen and oxygen atoms in total. The predicted octanol–water partition coefficient (Wildman–Crippen LogP) is 3.37. The largest absolute Gasteiger partial charge is 0.497 e. The molecule has 6 atom stereocenters. The summed E-state index contributed by atoms with van der Waals surface area (Å²) in [5.41, 5.74) is 0.724. The molecule has 0 bridgehead atoms. The van der Waals surface area contributed by atoms with Gasteiger partial charge in [-0.1, -0.05) is 26.0 Å². The number of nitrogens with zero attached hydrogens (tertiary/aromatic N) is 1. The van der Waals surface area contributed by atoms with Crippen molar-refractivity contribution < 1.29 is 46.4 Å². The van der Waals surface area contributed by atoms with Crippen LogP contribution in [-0.2, 0) is 39.7 Å². The van der Waals surface area contributed by atoms with Crippen LogP contribution in [0.2, 0.25) is 0 Å². The van der Waals surface area contributed by atoms with Gasteiger partial charge in [0.05, 0.1) is 49.9 Å². The third kappa shape index (κ3) is 9.06. The average Bonchev–Trinajstić information content (AvgIpc) is 3.62. The van der Waals surface area contributed by atoms with Crippen LogP contribution >= 0.6 is 7.37 Å². The summed E-state index contributed by atoms with van der Waals surface area (Å²) in [6, 6.07) is 12.0. The topological polar surface area (TPSA) is 150 Å². The zero-order valence-corrected chi connectivity index (χ0v) is 28.2. The van der Waals surface area contributed by atoms with Crippen molar-refractivity contribution in [3.05, 3.63) is 54.1 Å². The van der Waals surface area contributed by atoms with Gasteiger partial charge in [0.2, 0.25) is 17.4 Å². The van der Waals surface area contributed by atoms with Gasteiger partial charge in [-0.25, -0.2) is 13.2 Å². The molecule has 1 amide bonds. The fraction of sp³-hybridized carbons (Fsp3) is 0.581. The molecule has 45 heavy (non-hydrogen) atoms. The van der Waals surface area contributed by atoms with E-state index in [0.29, 0.717) is 30.7 Å². The van der Waals surface area contributed by atoms with Gasteiger partial charge in [0.25, 0.3) is 0 Å². The lowest BCUT2D eigenvalue weighted by molar-refractivity contribution is -0.0907. The van der Waals surface area contributed by atoms with Gasteiger partial charge in [0, 0.05) is 25.1 Å². The number of amides is 1. The number of aliphatic hydroxyl groups is 1. The summed E-state index contributed by atoms with van der Waals surface area (Å²) in [5, 5.41) is 14.9. The highest BCUT2D eigenvalue weighted by Gasteiger charge is 2.44. The van der Waals surface area contributed by atoms with Gasteiger partial charge < -0.3 is 33.9 Å². The number of rotatable bonds is 15. The SMILES string of the molecule is CCOP(C)(=O)c1ccc(C[C@H](NC(=O)O[C@H]2CO[C@H]3OCC[C@H]32)[C@H](O)CN(CC(C)C)S(=O)(=O)c2ccc(OC)cc2)cc1. The molecule has 2 saturated heterocycles. The van der Waals surface area contributed by atoms with Crippen molar-refractivity contribution in [2.45, 2.75) is 63.0 Å². The normalized spacial score (nSPS) is 22.5. The Morgan fingerprint density at radius 1 is 1.11 bits per heavy atom. The first-order valence-corrected chi connectivity index (χ1v) is 18.7. The minimum atomic E-state index is -4.01. The van der Waals surface area contributed by atoms with Gasteiger partial charge in [-0.2, -0.15) is 4.31 Å². The summed E-state index contributed by atoms with van der Waals surface area (Å²) in [4.78, 5) is 13.2. The summed E-state index contributed by atoms with van der Waals surface area (Å²) in [7, 11) is -5.51. The molecule has 250 valence electrons. The van der Waals surface area contributed by atoms with Gasteiger partial charge in [-0.15, -0.1) is 0 Å². The van der Waals surface area contributed by atoms with E-state index in [9.17, 15) is 22.9 Å². The smallest absolute Gasteiger partial charge is 0.407 e. The zero-order chi connectivity index (χ0) is 32.8. The summed E-state index contributed by atoms with van der Waals surface area (Å²) >= 11 is 0. The van der Waals surface area contributed by atoms with Gasteiger partial charge >= 0.3 is 6.09 Å². The zero-order valence-electron chi connectivity index (χ0n) is 26.5. The van der Waals surface area contributed by atoms with Gasteiger partial charge in [-0.05, 0) is 67.6 Å². The highest BCUT2D eigenvalue weighted by Crippen LogP contribution is 2.41. The number of aliphatic hydroxyl groups excluding tert-OH is 1. The van der Waals surface area contributed by atoms with Crippen LogP contribution in [0.3, 0.4) is 0 Å². The second-order valence-corrected chi connectivity index (χ2v) is 16.2. The lowest BCUT2D eigenvalue weighted by Crippen LogP contribution is -2.51. The van der Waals surface area contributed by atoms with Crippen molar-refractivity contribution in [1.29, 1.82) is 0 Å². The Balaban J connectivity index is 1.56. The molecule has 2 aromatic rings. The van der Waals surface area contributed by atoms with E-state index in [-0.39, 0.29) is 42.8 Å². The average molecular weight is 669 g/mol. The van der Waals surface area contributed by atoms with E-state index in [0.717, 1.165) is 5.56 Å². The molecule has 14 heteroatoms. The van der Waals surface area contributed by atoms with E-state index in [1.165, 1.54) is 23.5 Å². The van der Waals surface area contributed by atoms with E-state index in [4.69, 9.17) is 23.5 Å². The number of ether oxygens (including phenoxy) is 4. The van der Waals surface area contributed by atoms with E-state index in [2.05, 4.69) is 5.32 Å². The summed E-state index contributed by atoms with van der Waals surface area (Å²) < 4.78 is 69.0. The Hall–Kier alpha value is -2.51. The maximum absolute atomic E-state index is 13.7. The molecular formula is C31H45N2O10PS. The Labute approximate surface area is 265 Å². The van der Waals surface area contributed by atoms with Crippen LogP contribution in [0, 0.1) is 11.8 Å². The molecule has 0 aliphatic carbocycles. The summed E-state index contributed by atoms with van der Waals surface area (Å²) in [6.45, 7) is 7.99. The van der Waals surface area contributed by atoms with Crippen molar-refractivity contribution in [3.63, 3.8) is 0 Å². The summed E-state index contributed by atoms with van der Waals surface area (Å²) in [5.74, 6) is 0.396. The highest BCUT2D eigenvalue weighted by molar-refractivity contribution is 7.89. The second-order valence-electron chi connectivity index (χ2n) is 11.8. The highest BCUT2D eigenvalue weighted by atomic mass is 32.2. The molecule has 2 aliphatic heterocycles. The number of carbonyl (C=O) groups excluding carboxylic acids is 1. The quantitative estimate of drug-likeness (QED) is 0.271. The van der Waals surface area contributed by atoms with Gasteiger partial charge in [-0.3, -0.25) is 4.57 Å². The molecule has 1 unspecified atom stereocenters. The number of hydrogen-bond donors (Lipinski definition) is 2. The first-order chi connectivity index (χ1) is 21.3. The Bertz CT molecular complexity index is 1420. The maximum atomic E-state index is 13.7. The molecule has 0 spiro atoms. The molecule has 2 N–H and O–H groups in total. The Morgan fingerprint density at radius 2 is 1.80 bits per heavy atom. The van der Waals surface area contributed by atoms with Crippen LogP contribution in [0.25, 0.3) is 0 Å². The molecule has 2 heterocycles. The minimum Gasteiger partial charge on any atom is -0.497 e. The van der Waals surface area contributed by atoms with Gasteiger partial charge in [0.1, 0.15) is 11.9 Å². The van der Waals surface area contributed by atoms with E-state index in [1.807, 2.05) is 13.8 Å². The standard InChI is InChI=1S/C31H45N2O10PS/c1-6-42-44(5,36)24-11-7-22(8-12-24)17-27(32-31(35)43-29-20-41-30-26(29)15-16-40-30)28(34)19-33(18-21(2)3)45(37,38)25-13-9-23(39-4)10-14-25/h7-14,21,26-30,34H,6,15-20H2,1-5H3,(H,32,35)/t26-,27-,28+,29-,30+,44?/m0/s1.